The van der Waals surface area contributed by atoms with Gasteiger partial charge in [-0.2, -0.15) is 0 Å². The first-order chi connectivity index (χ1) is 6.58. The van der Waals surface area contributed by atoms with Gasteiger partial charge in [0.05, 0.1) is 0 Å². The Bertz CT molecular complexity index is 149. The largest absolute Gasteiger partial charge is 0.313 e. The van der Waals surface area contributed by atoms with Gasteiger partial charge in [0.25, 0.3) is 0 Å². The molecular formula is C13H27N. The molecule has 0 radical (unpaired) electrons. The average Bonchev–Trinajstić information content (AvgIpc) is 2.17. The normalized spacial score (nSPS) is 14.0. The molecule has 0 aliphatic heterocycles. The molecule has 0 saturated carbocycles. The summed E-state index contributed by atoms with van der Waals surface area (Å²) >= 11 is 0. The Kier molecular flexibility index (Phi) is 6.90. The Hall–Kier alpha value is -0.300. The van der Waals surface area contributed by atoms with Crippen LogP contribution in [0.2, 0.25) is 0 Å². The second kappa shape index (κ2) is 7.05. The molecule has 0 aromatic rings. The number of rotatable bonds is 8. The van der Waals surface area contributed by atoms with Crippen LogP contribution in [-0.4, -0.2) is 12.6 Å². The fourth-order valence-electron chi connectivity index (χ4n) is 1.62. The third-order valence-electron chi connectivity index (χ3n) is 3.15. The van der Waals surface area contributed by atoms with E-state index in [1.165, 1.54) is 19.3 Å². The summed E-state index contributed by atoms with van der Waals surface area (Å²) in [5.41, 5.74) is 0.401. The summed E-state index contributed by atoms with van der Waals surface area (Å²) in [5, 5.41) is 3.65. The highest BCUT2D eigenvalue weighted by molar-refractivity contribution is 4.85. The van der Waals surface area contributed by atoms with Crippen LogP contribution >= 0.6 is 0 Å². The summed E-state index contributed by atoms with van der Waals surface area (Å²) in [7, 11) is 0. The maximum Gasteiger partial charge on any atom is 0.0121 e. The quantitative estimate of drug-likeness (QED) is 0.584. The van der Waals surface area contributed by atoms with Gasteiger partial charge in [-0.15, -0.1) is 6.58 Å². The van der Waals surface area contributed by atoms with Crippen molar-refractivity contribution in [2.24, 2.45) is 5.41 Å². The standard InChI is InChI=1S/C13H27N/c1-6-9-10-12(14-11-7-2)13(4,5)8-3/h6,12,14H,1,7-11H2,2-5H3. The van der Waals surface area contributed by atoms with Gasteiger partial charge in [-0.05, 0) is 37.6 Å². The van der Waals surface area contributed by atoms with Crippen LogP contribution in [0, 0.1) is 5.41 Å². The molecule has 14 heavy (non-hydrogen) atoms. The molecule has 0 amide bonds. The lowest BCUT2D eigenvalue weighted by molar-refractivity contribution is 0.221. The monoisotopic (exact) mass is 197 g/mol. The van der Waals surface area contributed by atoms with E-state index in [1.54, 1.807) is 0 Å². The van der Waals surface area contributed by atoms with E-state index in [-0.39, 0.29) is 0 Å². The zero-order valence-corrected chi connectivity index (χ0v) is 10.4. The van der Waals surface area contributed by atoms with Crippen LogP contribution in [-0.2, 0) is 0 Å². The molecule has 0 aliphatic carbocycles. The second-order valence-electron chi connectivity index (χ2n) is 4.71. The summed E-state index contributed by atoms with van der Waals surface area (Å²) in [6, 6.07) is 0.630. The van der Waals surface area contributed by atoms with Crippen molar-refractivity contribution in [3.8, 4) is 0 Å². The number of hydrogen-bond donors (Lipinski definition) is 1. The van der Waals surface area contributed by atoms with Crippen molar-refractivity contribution in [1.29, 1.82) is 0 Å². The lowest BCUT2D eigenvalue weighted by Crippen LogP contribution is -2.41. The van der Waals surface area contributed by atoms with Crippen LogP contribution in [0.3, 0.4) is 0 Å². The first-order valence-corrected chi connectivity index (χ1v) is 5.92. The van der Waals surface area contributed by atoms with Gasteiger partial charge in [-0.3, -0.25) is 0 Å². The van der Waals surface area contributed by atoms with Crippen molar-refractivity contribution < 1.29 is 0 Å². The summed E-state index contributed by atoms with van der Waals surface area (Å²) in [4.78, 5) is 0. The molecule has 0 aromatic carbocycles. The van der Waals surface area contributed by atoms with Crippen molar-refractivity contribution in [3.63, 3.8) is 0 Å². The molecule has 0 fully saturated rings. The van der Waals surface area contributed by atoms with Crippen LogP contribution in [0.15, 0.2) is 12.7 Å². The van der Waals surface area contributed by atoms with Crippen LogP contribution in [0.25, 0.3) is 0 Å². The van der Waals surface area contributed by atoms with E-state index in [0.717, 1.165) is 13.0 Å². The number of allylic oxidation sites excluding steroid dienone is 1. The third-order valence-corrected chi connectivity index (χ3v) is 3.15. The minimum Gasteiger partial charge on any atom is -0.313 e. The first-order valence-electron chi connectivity index (χ1n) is 5.92. The molecule has 0 aliphatic rings. The van der Waals surface area contributed by atoms with E-state index in [4.69, 9.17) is 0 Å². The first kappa shape index (κ1) is 13.7. The van der Waals surface area contributed by atoms with E-state index < -0.39 is 0 Å². The highest BCUT2D eigenvalue weighted by Gasteiger charge is 2.25. The van der Waals surface area contributed by atoms with Crippen LogP contribution in [0.4, 0.5) is 0 Å². The van der Waals surface area contributed by atoms with Gasteiger partial charge in [0.15, 0.2) is 0 Å². The molecule has 0 saturated heterocycles. The van der Waals surface area contributed by atoms with Gasteiger partial charge < -0.3 is 5.32 Å². The molecule has 0 heterocycles. The van der Waals surface area contributed by atoms with Gasteiger partial charge in [0, 0.05) is 6.04 Å². The predicted molar refractivity (Wildman–Crippen MR) is 65.6 cm³/mol. The Labute approximate surface area is 90.0 Å². The maximum absolute atomic E-state index is 3.79. The van der Waals surface area contributed by atoms with E-state index in [0.29, 0.717) is 11.5 Å². The summed E-state index contributed by atoms with van der Waals surface area (Å²) in [6.45, 7) is 14.1. The Morgan fingerprint density at radius 3 is 2.43 bits per heavy atom. The minimum atomic E-state index is 0.401. The number of nitrogens with one attached hydrogen (secondary N) is 1. The summed E-state index contributed by atoms with van der Waals surface area (Å²) in [5.74, 6) is 0. The van der Waals surface area contributed by atoms with Crippen LogP contribution in [0.1, 0.15) is 53.4 Å². The zero-order valence-electron chi connectivity index (χ0n) is 10.4. The molecule has 0 spiro atoms. The molecule has 0 bridgehead atoms. The van der Waals surface area contributed by atoms with E-state index in [9.17, 15) is 0 Å². The minimum absolute atomic E-state index is 0.401. The van der Waals surface area contributed by atoms with Gasteiger partial charge in [0.1, 0.15) is 0 Å². The molecule has 1 N–H and O–H groups in total. The molecule has 1 nitrogen and oxygen atoms in total. The second-order valence-corrected chi connectivity index (χ2v) is 4.71. The van der Waals surface area contributed by atoms with Gasteiger partial charge in [0.2, 0.25) is 0 Å². The lowest BCUT2D eigenvalue weighted by Gasteiger charge is -2.34. The van der Waals surface area contributed by atoms with Crippen molar-refractivity contribution in [3.05, 3.63) is 12.7 Å². The molecule has 1 heteroatoms. The average molecular weight is 197 g/mol. The third kappa shape index (κ3) is 4.80. The SMILES string of the molecule is C=CCCC(NCCC)C(C)(C)CC. The van der Waals surface area contributed by atoms with E-state index in [2.05, 4.69) is 39.6 Å². The van der Waals surface area contributed by atoms with E-state index in [1.807, 2.05) is 6.08 Å². The Morgan fingerprint density at radius 2 is 2.00 bits per heavy atom. The number of hydrogen-bond acceptors (Lipinski definition) is 1. The molecule has 0 aromatic heterocycles. The fraction of sp³-hybridized carbons (Fsp3) is 0.846. The lowest BCUT2D eigenvalue weighted by atomic mass is 9.79. The smallest absolute Gasteiger partial charge is 0.0121 e. The van der Waals surface area contributed by atoms with Crippen molar-refractivity contribution >= 4 is 0 Å². The van der Waals surface area contributed by atoms with Crippen molar-refractivity contribution in [2.45, 2.75) is 59.4 Å². The van der Waals surface area contributed by atoms with Crippen LogP contribution in [0.5, 0.6) is 0 Å². The fourth-order valence-corrected chi connectivity index (χ4v) is 1.62. The van der Waals surface area contributed by atoms with Gasteiger partial charge >= 0.3 is 0 Å². The van der Waals surface area contributed by atoms with Crippen molar-refractivity contribution in [1.82, 2.24) is 5.32 Å². The maximum atomic E-state index is 3.79. The topological polar surface area (TPSA) is 12.0 Å². The van der Waals surface area contributed by atoms with Crippen molar-refractivity contribution in [2.75, 3.05) is 6.54 Å². The zero-order chi connectivity index (χ0) is 11.0. The molecule has 84 valence electrons. The van der Waals surface area contributed by atoms with Crippen LogP contribution < -0.4 is 5.32 Å². The molecule has 1 unspecified atom stereocenters. The Balaban J connectivity index is 4.14. The summed E-state index contributed by atoms with van der Waals surface area (Å²) in [6.07, 6.45) is 6.79. The molecular weight excluding hydrogens is 170 g/mol. The summed E-state index contributed by atoms with van der Waals surface area (Å²) < 4.78 is 0. The molecule has 0 rings (SSSR count). The Morgan fingerprint density at radius 1 is 1.36 bits per heavy atom. The van der Waals surface area contributed by atoms with Gasteiger partial charge in [-0.1, -0.05) is 33.8 Å². The highest BCUT2D eigenvalue weighted by atomic mass is 14.9. The highest BCUT2D eigenvalue weighted by Crippen LogP contribution is 2.27. The van der Waals surface area contributed by atoms with E-state index >= 15 is 0 Å². The molecule has 1 atom stereocenters. The van der Waals surface area contributed by atoms with Gasteiger partial charge in [-0.25, -0.2) is 0 Å². The predicted octanol–water partition coefficient (Wildman–Crippen LogP) is 3.76.